The number of halogens is 1. The van der Waals surface area contributed by atoms with Gasteiger partial charge in [0.05, 0.1) is 6.54 Å². The first-order chi connectivity index (χ1) is 9.63. The van der Waals surface area contributed by atoms with Crippen LogP contribution in [0, 0.1) is 6.92 Å². The first kappa shape index (κ1) is 18.5. The summed E-state index contributed by atoms with van der Waals surface area (Å²) in [5, 5.41) is 15.8. The number of hydrogen-bond acceptors (Lipinski definition) is 4. The van der Waals surface area contributed by atoms with Crippen molar-refractivity contribution >= 4 is 41.7 Å². The van der Waals surface area contributed by atoms with Crippen LogP contribution in [0.2, 0.25) is 0 Å². The number of nitrogens with one attached hydrogen (secondary N) is 2. The van der Waals surface area contributed by atoms with Crippen LogP contribution in [0.25, 0.3) is 0 Å². The van der Waals surface area contributed by atoms with Gasteiger partial charge in [-0.2, -0.15) is 11.8 Å². The second kappa shape index (κ2) is 8.82. The summed E-state index contributed by atoms with van der Waals surface area (Å²) in [4.78, 5) is 4.28. The lowest BCUT2D eigenvalue weighted by atomic mass is 10.2. The van der Waals surface area contributed by atoms with E-state index in [1.54, 1.807) is 7.05 Å². The SMILES string of the molecule is CN=C(NCc1nnc(C)n1C)NC1CCC(SC)C1.I. The highest BCUT2D eigenvalue weighted by Gasteiger charge is 2.24. The second-order valence-electron chi connectivity index (χ2n) is 5.16. The van der Waals surface area contributed by atoms with Crippen molar-refractivity contribution in [1.82, 2.24) is 25.4 Å². The molecule has 1 heterocycles. The third-order valence-electron chi connectivity index (χ3n) is 3.88. The first-order valence-electron chi connectivity index (χ1n) is 6.99. The fourth-order valence-corrected chi connectivity index (χ4v) is 3.24. The van der Waals surface area contributed by atoms with E-state index in [9.17, 15) is 0 Å². The normalized spacial score (nSPS) is 22.0. The Bertz CT molecular complexity index is 475. The van der Waals surface area contributed by atoms with Gasteiger partial charge in [0.25, 0.3) is 0 Å². The van der Waals surface area contributed by atoms with Crippen LogP contribution in [0.15, 0.2) is 4.99 Å². The van der Waals surface area contributed by atoms with E-state index in [1.807, 2.05) is 30.3 Å². The molecule has 2 atom stereocenters. The van der Waals surface area contributed by atoms with Gasteiger partial charge in [0, 0.05) is 25.4 Å². The molecule has 0 aliphatic heterocycles. The summed E-state index contributed by atoms with van der Waals surface area (Å²) in [6.07, 6.45) is 5.91. The van der Waals surface area contributed by atoms with Crippen LogP contribution in [0.3, 0.4) is 0 Å². The van der Waals surface area contributed by atoms with Crippen LogP contribution in [0.4, 0.5) is 0 Å². The number of hydrogen-bond donors (Lipinski definition) is 2. The van der Waals surface area contributed by atoms with Gasteiger partial charge in [-0.05, 0) is 32.4 Å². The zero-order chi connectivity index (χ0) is 14.5. The second-order valence-corrected chi connectivity index (χ2v) is 6.30. The maximum Gasteiger partial charge on any atom is 0.191 e. The number of rotatable bonds is 4. The average Bonchev–Trinajstić information content (AvgIpc) is 3.04. The van der Waals surface area contributed by atoms with Crippen LogP contribution in [-0.2, 0) is 13.6 Å². The summed E-state index contributed by atoms with van der Waals surface area (Å²) in [5.41, 5.74) is 0. The molecule has 1 fully saturated rings. The fraction of sp³-hybridized carbons (Fsp3) is 0.769. The van der Waals surface area contributed by atoms with Crippen molar-refractivity contribution in [2.24, 2.45) is 12.0 Å². The summed E-state index contributed by atoms with van der Waals surface area (Å²) in [5.74, 6) is 2.68. The molecule has 2 N–H and O–H groups in total. The van der Waals surface area contributed by atoms with E-state index >= 15 is 0 Å². The van der Waals surface area contributed by atoms with E-state index in [4.69, 9.17) is 0 Å². The molecule has 0 bridgehead atoms. The molecule has 0 amide bonds. The van der Waals surface area contributed by atoms with Crippen molar-refractivity contribution in [3.05, 3.63) is 11.6 Å². The van der Waals surface area contributed by atoms with Crippen LogP contribution in [0.1, 0.15) is 30.9 Å². The largest absolute Gasteiger partial charge is 0.354 e. The smallest absolute Gasteiger partial charge is 0.191 e. The number of guanidine groups is 1. The molecule has 0 spiro atoms. The molecule has 0 aromatic carbocycles. The predicted octanol–water partition coefficient (Wildman–Crippen LogP) is 1.69. The molecular formula is C13H25IN6S. The van der Waals surface area contributed by atoms with E-state index in [2.05, 4.69) is 32.1 Å². The Morgan fingerprint density at radius 3 is 2.71 bits per heavy atom. The van der Waals surface area contributed by atoms with Crippen molar-refractivity contribution in [2.75, 3.05) is 13.3 Å². The van der Waals surface area contributed by atoms with Gasteiger partial charge in [-0.15, -0.1) is 34.2 Å². The van der Waals surface area contributed by atoms with Crippen LogP contribution < -0.4 is 10.6 Å². The van der Waals surface area contributed by atoms with Crippen LogP contribution in [0.5, 0.6) is 0 Å². The molecule has 1 aliphatic carbocycles. The van der Waals surface area contributed by atoms with E-state index in [-0.39, 0.29) is 24.0 Å². The van der Waals surface area contributed by atoms with Crippen LogP contribution >= 0.6 is 35.7 Å². The Morgan fingerprint density at radius 1 is 1.43 bits per heavy atom. The molecule has 2 unspecified atom stereocenters. The van der Waals surface area contributed by atoms with Crippen molar-refractivity contribution in [3.8, 4) is 0 Å². The Hall–Kier alpha value is -0.510. The van der Waals surface area contributed by atoms with Gasteiger partial charge in [0.1, 0.15) is 5.82 Å². The van der Waals surface area contributed by atoms with Crippen molar-refractivity contribution < 1.29 is 0 Å². The molecule has 1 aromatic rings. The Kier molecular flexibility index (Phi) is 7.78. The van der Waals surface area contributed by atoms with Gasteiger partial charge in [-0.1, -0.05) is 0 Å². The van der Waals surface area contributed by atoms with Gasteiger partial charge in [-0.3, -0.25) is 4.99 Å². The summed E-state index contributed by atoms with van der Waals surface area (Å²) in [7, 11) is 3.78. The third-order valence-corrected chi connectivity index (χ3v) is 4.97. The lowest BCUT2D eigenvalue weighted by Crippen LogP contribution is -2.42. The molecule has 0 radical (unpaired) electrons. The van der Waals surface area contributed by atoms with Crippen molar-refractivity contribution in [1.29, 1.82) is 0 Å². The Morgan fingerprint density at radius 2 is 2.19 bits per heavy atom. The maximum absolute atomic E-state index is 4.28. The van der Waals surface area contributed by atoms with Gasteiger partial charge in [-0.25, -0.2) is 0 Å². The molecular weight excluding hydrogens is 399 g/mol. The van der Waals surface area contributed by atoms with Gasteiger partial charge < -0.3 is 15.2 Å². The quantitative estimate of drug-likeness (QED) is 0.438. The zero-order valence-electron chi connectivity index (χ0n) is 13.1. The number of aliphatic imine (C=N–C) groups is 1. The monoisotopic (exact) mass is 424 g/mol. The lowest BCUT2D eigenvalue weighted by Gasteiger charge is -2.17. The Labute approximate surface area is 148 Å². The summed E-state index contributed by atoms with van der Waals surface area (Å²) >= 11 is 1.96. The standard InChI is InChI=1S/C13H24N6S.HI/c1-9-17-18-12(19(9)3)8-15-13(14-2)16-10-5-6-11(7-10)20-4;/h10-11H,5-8H2,1-4H3,(H2,14,15,16);1H. The summed E-state index contributed by atoms with van der Waals surface area (Å²) < 4.78 is 1.99. The molecule has 1 saturated carbocycles. The van der Waals surface area contributed by atoms with Gasteiger partial charge >= 0.3 is 0 Å². The molecule has 8 heteroatoms. The Balaban J connectivity index is 0.00000220. The van der Waals surface area contributed by atoms with E-state index < -0.39 is 0 Å². The number of aromatic nitrogens is 3. The zero-order valence-corrected chi connectivity index (χ0v) is 16.2. The van der Waals surface area contributed by atoms with E-state index in [0.29, 0.717) is 12.6 Å². The number of aryl methyl sites for hydroxylation is 1. The minimum atomic E-state index is 0. The molecule has 0 saturated heterocycles. The van der Waals surface area contributed by atoms with Crippen molar-refractivity contribution in [3.63, 3.8) is 0 Å². The van der Waals surface area contributed by atoms with E-state index in [0.717, 1.165) is 22.9 Å². The highest BCUT2D eigenvalue weighted by molar-refractivity contribution is 14.0. The molecule has 6 nitrogen and oxygen atoms in total. The highest BCUT2D eigenvalue weighted by Crippen LogP contribution is 2.27. The highest BCUT2D eigenvalue weighted by atomic mass is 127. The minimum Gasteiger partial charge on any atom is -0.354 e. The first-order valence-corrected chi connectivity index (χ1v) is 8.27. The topological polar surface area (TPSA) is 67.1 Å². The molecule has 21 heavy (non-hydrogen) atoms. The molecule has 1 aliphatic rings. The predicted molar refractivity (Wildman–Crippen MR) is 99.4 cm³/mol. The molecule has 2 rings (SSSR count). The maximum atomic E-state index is 4.28. The summed E-state index contributed by atoms with van der Waals surface area (Å²) in [6.45, 7) is 2.58. The lowest BCUT2D eigenvalue weighted by molar-refractivity contribution is 0.609. The average molecular weight is 424 g/mol. The molecule has 1 aromatic heterocycles. The third kappa shape index (κ3) is 5.01. The summed E-state index contributed by atoms with van der Waals surface area (Å²) in [6, 6.07) is 0.528. The number of thioether (sulfide) groups is 1. The van der Waals surface area contributed by atoms with Gasteiger partial charge in [0.2, 0.25) is 0 Å². The minimum absolute atomic E-state index is 0. The van der Waals surface area contributed by atoms with Crippen LogP contribution in [-0.4, -0.2) is 45.3 Å². The van der Waals surface area contributed by atoms with Gasteiger partial charge in [0.15, 0.2) is 11.8 Å². The number of nitrogens with zero attached hydrogens (tertiary/aromatic N) is 4. The molecule has 120 valence electrons. The fourth-order valence-electron chi connectivity index (χ4n) is 2.44. The van der Waals surface area contributed by atoms with Crippen molar-refractivity contribution in [2.45, 2.75) is 44.0 Å². The van der Waals surface area contributed by atoms with E-state index in [1.165, 1.54) is 19.3 Å².